The first-order chi connectivity index (χ1) is 8.90. The predicted molar refractivity (Wildman–Crippen MR) is 70.0 cm³/mol. The number of hydrogen-bond acceptors (Lipinski definition) is 4. The van der Waals surface area contributed by atoms with Crippen LogP contribution in [0.15, 0.2) is 23.1 Å². The monoisotopic (exact) mass is 301 g/mol. The van der Waals surface area contributed by atoms with Crippen molar-refractivity contribution in [3.8, 4) is 6.07 Å². The lowest BCUT2D eigenvalue weighted by Crippen LogP contribution is -2.29. The first kappa shape index (κ1) is 15.4. The Morgan fingerprint density at radius 2 is 2.16 bits per heavy atom. The number of benzene rings is 1. The molecular formula is C11H12ClN3O3S. The summed E-state index contributed by atoms with van der Waals surface area (Å²) < 4.78 is 26.0. The molecule has 0 heterocycles. The van der Waals surface area contributed by atoms with E-state index in [0.29, 0.717) is 0 Å². The van der Waals surface area contributed by atoms with Gasteiger partial charge in [-0.3, -0.25) is 4.79 Å². The second-order valence-corrected chi connectivity index (χ2v) is 5.75. The SMILES string of the molecule is CNC(=O)CCNS(=O)(=O)c1ccc(C#N)c(Cl)c1. The first-order valence-electron chi connectivity index (χ1n) is 5.30. The Kier molecular flexibility index (Phi) is 5.30. The predicted octanol–water partition coefficient (Wildman–Crippen LogP) is 0.626. The summed E-state index contributed by atoms with van der Waals surface area (Å²) >= 11 is 5.76. The minimum atomic E-state index is -3.74. The molecule has 0 aliphatic heterocycles. The van der Waals surface area contributed by atoms with Crippen LogP contribution < -0.4 is 10.0 Å². The summed E-state index contributed by atoms with van der Waals surface area (Å²) in [5.41, 5.74) is 0.200. The lowest BCUT2D eigenvalue weighted by Gasteiger charge is -2.07. The molecule has 1 amide bonds. The average Bonchev–Trinajstić information content (AvgIpc) is 2.38. The molecule has 0 bridgehead atoms. The summed E-state index contributed by atoms with van der Waals surface area (Å²) in [5, 5.41) is 11.1. The third kappa shape index (κ3) is 4.21. The molecule has 0 saturated heterocycles. The van der Waals surface area contributed by atoms with E-state index in [-0.39, 0.29) is 34.4 Å². The number of carbonyl (C=O) groups is 1. The molecule has 1 aromatic rings. The number of hydrogen-bond donors (Lipinski definition) is 2. The molecule has 0 unspecified atom stereocenters. The summed E-state index contributed by atoms with van der Waals surface area (Å²) in [4.78, 5) is 10.9. The summed E-state index contributed by atoms with van der Waals surface area (Å²) in [6, 6.07) is 5.65. The Labute approximate surface area is 116 Å². The van der Waals surface area contributed by atoms with E-state index in [9.17, 15) is 13.2 Å². The van der Waals surface area contributed by atoms with Crippen molar-refractivity contribution in [1.82, 2.24) is 10.0 Å². The molecule has 0 spiro atoms. The van der Waals surface area contributed by atoms with Crippen LogP contribution in [-0.2, 0) is 14.8 Å². The van der Waals surface area contributed by atoms with Crippen molar-refractivity contribution in [1.29, 1.82) is 5.26 Å². The van der Waals surface area contributed by atoms with E-state index >= 15 is 0 Å². The number of nitrogens with one attached hydrogen (secondary N) is 2. The van der Waals surface area contributed by atoms with Gasteiger partial charge < -0.3 is 5.32 Å². The molecule has 0 atom stereocenters. The highest BCUT2D eigenvalue weighted by Crippen LogP contribution is 2.19. The Hall–Kier alpha value is -1.62. The third-order valence-corrected chi connectivity index (χ3v) is 4.07. The van der Waals surface area contributed by atoms with Crippen molar-refractivity contribution in [3.63, 3.8) is 0 Å². The highest BCUT2D eigenvalue weighted by molar-refractivity contribution is 7.89. The van der Waals surface area contributed by atoms with E-state index in [1.165, 1.54) is 25.2 Å². The van der Waals surface area contributed by atoms with Gasteiger partial charge in [0.2, 0.25) is 15.9 Å². The van der Waals surface area contributed by atoms with Gasteiger partial charge in [-0.1, -0.05) is 11.6 Å². The zero-order chi connectivity index (χ0) is 14.5. The third-order valence-electron chi connectivity index (χ3n) is 2.29. The van der Waals surface area contributed by atoms with E-state index in [0.717, 1.165) is 0 Å². The topological polar surface area (TPSA) is 99.1 Å². The van der Waals surface area contributed by atoms with Crippen molar-refractivity contribution >= 4 is 27.5 Å². The summed E-state index contributed by atoms with van der Waals surface area (Å²) in [6.07, 6.45) is 0.0414. The van der Waals surface area contributed by atoms with Gasteiger partial charge in [0.15, 0.2) is 0 Å². The molecular weight excluding hydrogens is 290 g/mol. The molecule has 0 fully saturated rings. The van der Waals surface area contributed by atoms with Crippen molar-refractivity contribution in [3.05, 3.63) is 28.8 Å². The molecule has 0 saturated carbocycles. The molecule has 0 aliphatic rings. The summed E-state index contributed by atoms with van der Waals surface area (Å²) in [5.74, 6) is -0.263. The zero-order valence-electron chi connectivity index (χ0n) is 10.1. The molecule has 0 aliphatic carbocycles. The number of carbonyl (C=O) groups excluding carboxylic acids is 1. The van der Waals surface area contributed by atoms with E-state index in [4.69, 9.17) is 16.9 Å². The Morgan fingerprint density at radius 1 is 1.47 bits per heavy atom. The first-order valence-corrected chi connectivity index (χ1v) is 7.16. The van der Waals surface area contributed by atoms with E-state index in [2.05, 4.69) is 10.0 Å². The van der Waals surface area contributed by atoms with Crippen molar-refractivity contribution in [2.24, 2.45) is 0 Å². The molecule has 19 heavy (non-hydrogen) atoms. The van der Waals surface area contributed by atoms with Gasteiger partial charge in [0.05, 0.1) is 15.5 Å². The summed E-state index contributed by atoms with van der Waals surface area (Å²) in [7, 11) is -2.27. The van der Waals surface area contributed by atoms with Crippen LogP contribution in [0.5, 0.6) is 0 Å². The Balaban J connectivity index is 2.81. The molecule has 2 N–H and O–H groups in total. The second-order valence-electron chi connectivity index (χ2n) is 3.57. The van der Waals surface area contributed by atoms with Gasteiger partial charge in [0, 0.05) is 20.0 Å². The van der Waals surface area contributed by atoms with Gasteiger partial charge in [0.25, 0.3) is 0 Å². The number of amides is 1. The maximum Gasteiger partial charge on any atom is 0.240 e. The zero-order valence-corrected chi connectivity index (χ0v) is 11.7. The van der Waals surface area contributed by atoms with E-state index in [1.807, 2.05) is 6.07 Å². The smallest absolute Gasteiger partial charge is 0.240 e. The second kappa shape index (κ2) is 6.52. The average molecular weight is 302 g/mol. The minimum absolute atomic E-state index is 0.0143. The molecule has 1 aromatic carbocycles. The fourth-order valence-corrected chi connectivity index (χ4v) is 2.61. The molecule has 0 aromatic heterocycles. The van der Waals surface area contributed by atoms with Crippen LogP contribution in [0, 0.1) is 11.3 Å². The number of nitrogens with zero attached hydrogens (tertiary/aromatic N) is 1. The molecule has 8 heteroatoms. The molecule has 6 nitrogen and oxygen atoms in total. The number of nitriles is 1. The fourth-order valence-electron chi connectivity index (χ4n) is 1.26. The van der Waals surface area contributed by atoms with Crippen LogP contribution in [0.25, 0.3) is 0 Å². The van der Waals surface area contributed by atoms with Gasteiger partial charge in [-0.15, -0.1) is 0 Å². The fraction of sp³-hybridized carbons (Fsp3) is 0.273. The lowest BCUT2D eigenvalue weighted by atomic mass is 10.2. The van der Waals surface area contributed by atoms with Gasteiger partial charge in [0.1, 0.15) is 6.07 Å². The molecule has 102 valence electrons. The summed E-state index contributed by atoms with van der Waals surface area (Å²) in [6.45, 7) is -0.0143. The molecule has 0 radical (unpaired) electrons. The van der Waals surface area contributed by atoms with Gasteiger partial charge in [-0.2, -0.15) is 5.26 Å². The van der Waals surface area contributed by atoms with E-state index in [1.54, 1.807) is 0 Å². The standard InChI is InChI=1S/C11H12ClN3O3S/c1-14-11(16)4-5-15-19(17,18)9-3-2-8(7-13)10(12)6-9/h2-3,6,15H,4-5H2,1H3,(H,14,16). The maximum absolute atomic E-state index is 11.9. The van der Waals surface area contributed by atoms with E-state index < -0.39 is 10.0 Å². The molecule has 1 rings (SSSR count). The Bertz CT molecular complexity index is 623. The Morgan fingerprint density at radius 3 is 2.68 bits per heavy atom. The lowest BCUT2D eigenvalue weighted by molar-refractivity contribution is -0.120. The van der Waals surface area contributed by atoms with Crippen LogP contribution >= 0.6 is 11.6 Å². The largest absolute Gasteiger partial charge is 0.359 e. The number of rotatable bonds is 5. The van der Waals surface area contributed by atoms with Crippen LogP contribution in [-0.4, -0.2) is 27.9 Å². The van der Waals surface area contributed by atoms with Gasteiger partial charge in [-0.25, -0.2) is 13.1 Å². The number of halogens is 1. The normalized spacial score (nSPS) is 10.8. The highest BCUT2D eigenvalue weighted by Gasteiger charge is 2.15. The van der Waals surface area contributed by atoms with Crippen molar-refractivity contribution < 1.29 is 13.2 Å². The van der Waals surface area contributed by atoms with Crippen LogP contribution in [0.1, 0.15) is 12.0 Å². The van der Waals surface area contributed by atoms with Crippen LogP contribution in [0.3, 0.4) is 0 Å². The quantitative estimate of drug-likeness (QED) is 0.833. The highest BCUT2D eigenvalue weighted by atomic mass is 35.5. The van der Waals surface area contributed by atoms with Crippen molar-refractivity contribution in [2.45, 2.75) is 11.3 Å². The number of sulfonamides is 1. The van der Waals surface area contributed by atoms with Crippen LogP contribution in [0.4, 0.5) is 0 Å². The van der Waals surface area contributed by atoms with Gasteiger partial charge >= 0.3 is 0 Å². The van der Waals surface area contributed by atoms with Crippen LogP contribution in [0.2, 0.25) is 5.02 Å². The van der Waals surface area contributed by atoms with Gasteiger partial charge in [-0.05, 0) is 18.2 Å². The maximum atomic E-state index is 11.9. The minimum Gasteiger partial charge on any atom is -0.359 e. The van der Waals surface area contributed by atoms with Crippen molar-refractivity contribution in [2.75, 3.05) is 13.6 Å².